The van der Waals surface area contributed by atoms with Gasteiger partial charge in [0.05, 0.1) is 17.2 Å². The molecule has 1 aliphatic carbocycles. The molecule has 0 aromatic carbocycles. The smallest absolute Gasteiger partial charge is 0.365 e. The van der Waals surface area contributed by atoms with E-state index >= 15 is 0 Å². The quantitative estimate of drug-likeness (QED) is 0.615. The third-order valence-corrected chi connectivity index (χ3v) is 6.85. The van der Waals surface area contributed by atoms with Crippen LogP contribution in [-0.4, -0.2) is 44.4 Å². The number of hydrogen-bond acceptors (Lipinski definition) is 6. The Hall–Kier alpha value is -3.01. The molecular weight excluding hydrogens is 439 g/mol. The van der Waals surface area contributed by atoms with Crippen molar-refractivity contribution in [3.8, 4) is 10.7 Å². The lowest BCUT2D eigenvalue weighted by Gasteiger charge is -2.34. The maximum Gasteiger partial charge on any atom is 0.417 e. The monoisotopic (exact) mass is 459 g/mol. The number of halogens is 3. The predicted octanol–water partition coefficient (Wildman–Crippen LogP) is 4.64. The first-order valence-electron chi connectivity index (χ1n) is 10.3. The van der Waals surface area contributed by atoms with E-state index in [0.29, 0.717) is 34.5 Å². The number of pyridine rings is 2. The molecule has 0 radical (unpaired) electrons. The van der Waals surface area contributed by atoms with Crippen molar-refractivity contribution >= 4 is 23.1 Å². The molecule has 3 atom stereocenters. The highest BCUT2D eigenvalue weighted by Gasteiger charge is 2.47. The Morgan fingerprint density at radius 3 is 2.69 bits per heavy atom. The van der Waals surface area contributed by atoms with Gasteiger partial charge in [-0.3, -0.25) is 4.79 Å². The van der Waals surface area contributed by atoms with Gasteiger partial charge in [-0.05, 0) is 49.9 Å². The summed E-state index contributed by atoms with van der Waals surface area (Å²) >= 11 is 1.43. The molecule has 32 heavy (non-hydrogen) atoms. The molecule has 2 aliphatic rings. The van der Waals surface area contributed by atoms with Crippen molar-refractivity contribution in [2.75, 3.05) is 11.9 Å². The molecule has 1 aliphatic heterocycles. The Bertz CT molecular complexity index is 1130. The van der Waals surface area contributed by atoms with Gasteiger partial charge in [-0.2, -0.15) is 13.2 Å². The van der Waals surface area contributed by atoms with E-state index in [1.807, 2.05) is 23.3 Å². The molecule has 2 unspecified atom stereocenters. The first-order valence-corrected chi connectivity index (χ1v) is 11.2. The molecule has 1 saturated carbocycles. The number of carbonyl (C=O) groups excluding carboxylic acids is 1. The highest BCUT2D eigenvalue weighted by atomic mass is 32.1. The first kappa shape index (κ1) is 20.9. The number of nitrogens with zero attached hydrogens (tertiary/aromatic N) is 4. The van der Waals surface area contributed by atoms with Crippen LogP contribution in [0.2, 0.25) is 0 Å². The second-order valence-electron chi connectivity index (χ2n) is 8.23. The van der Waals surface area contributed by atoms with Gasteiger partial charge in [0.2, 0.25) is 0 Å². The summed E-state index contributed by atoms with van der Waals surface area (Å²) in [4.78, 5) is 28.2. The molecular formula is C22H20F3N5OS. The molecule has 0 spiro atoms. The number of alkyl halides is 3. The number of aryl methyl sites for hydroxylation is 1. The number of anilines is 1. The van der Waals surface area contributed by atoms with Crippen LogP contribution >= 0.6 is 11.3 Å². The summed E-state index contributed by atoms with van der Waals surface area (Å²) in [5.41, 5.74) is 1.13. The zero-order valence-electron chi connectivity index (χ0n) is 17.1. The van der Waals surface area contributed by atoms with Crippen molar-refractivity contribution in [3.05, 3.63) is 58.9 Å². The van der Waals surface area contributed by atoms with Gasteiger partial charge in [0.1, 0.15) is 16.5 Å². The van der Waals surface area contributed by atoms with Gasteiger partial charge in [0.15, 0.2) is 0 Å². The normalized spacial score (nSPS) is 22.4. The van der Waals surface area contributed by atoms with Crippen molar-refractivity contribution in [3.63, 3.8) is 0 Å². The molecule has 10 heteroatoms. The van der Waals surface area contributed by atoms with Crippen LogP contribution in [0.25, 0.3) is 10.7 Å². The van der Waals surface area contributed by atoms with E-state index in [4.69, 9.17) is 0 Å². The SMILES string of the molecule is Cc1ccc(C(=O)N2C[C@H]3CC(Nc4ccc(C(F)(F)F)cn4)C2C3)c(-c2nccs2)n1. The summed E-state index contributed by atoms with van der Waals surface area (Å²) in [6, 6.07) is 5.86. The molecule has 1 amide bonds. The zero-order chi connectivity index (χ0) is 22.5. The van der Waals surface area contributed by atoms with Crippen LogP contribution in [0.4, 0.5) is 19.0 Å². The van der Waals surface area contributed by atoms with Gasteiger partial charge in [-0.1, -0.05) is 0 Å². The number of rotatable bonds is 4. The number of carbonyl (C=O) groups is 1. The molecule has 1 saturated heterocycles. The summed E-state index contributed by atoms with van der Waals surface area (Å²) in [5, 5.41) is 5.79. The molecule has 4 heterocycles. The Balaban J connectivity index is 1.36. The minimum atomic E-state index is -4.42. The second kappa shape index (κ2) is 7.84. The van der Waals surface area contributed by atoms with Gasteiger partial charge in [0, 0.05) is 36.1 Å². The van der Waals surface area contributed by atoms with Crippen LogP contribution in [0.1, 0.15) is 34.5 Å². The largest absolute Gasteiger partial charge is 0.417 e. The Morgan fingerprint density at radius 2 is 2.03 bits per heavy atom. The predicted molar refractivity (Wildman–Crippen MR) is 114 cm³/mol. The second-order valence-corrected chi connectivity index (χ2v) is 9.12. The van der Waals surface area contributed by atoms with Gasteiger partial charge < -0.3 is 10.2 Å². The number of thiazole rings is 1. The van der Waals surface area contributed by atoms with E-state index in [-0.39, 0.29) is 18.0 Å². The molecule has 3 aromatic heterocycles. The van der Waals surface area contributed by atoms with E-state index in [1.165, 1.54) is 17.4 Å². The number of fused-ring (bicyclic) bond motifs is 2. The van der Waals surface area contributed by atoms with E-state index in [2.05, 4.69) is 20.3 Å². The summed E-state index contributed by atoms with van der Waals surface area (Å²) in [6.45, 7) is 2.54. The molecule has 166 valence electrons. The molecule has 2 fully saturated rings. The first-order chi connectivity index (χ1) is 15.3. The number of aromatic nitrogens is 3. The van der Waals surface area contributed by atoms with Crippen molar-refractivity contribution in [1.82, 2.24) is 19.9 Å². The van der Waals surface area contributed by atoms with Crippen LogP contribution in [0.5, 0.6) is 0 Å². The molecule has 5 rings (SSSR count). The lowest BCUT2D eigenvalue weighted by molar-refractivity contribution is -0.137. The molecule has 1 N–H and O–H groups in total. The molecule has 3 aromatic rings. The Kier molecular flexibility index (Phi) is 5.11. The topological polar surface area (TPSA) is 71.0 Å². The maximum atomic E-state index is 13.5. The maximum absolute atomic E-state index is 13.5. The van der Waals surface area contributed by atoms with Crippen LogP contribution in [0, 0.1) is 12.8 Å². The fourth-order valence-electron chi connectivity index (χ4n) is 4.64. The third kappa shape index (κ3) is 3.83. The minimum absolute atomic E-state index is 0.0537. The highest BCUT2D eigenvalue weighted by Crippen LogP contribution is 2.40. The number of hydrogen-bond donors (Lipinski definition) is 1. The summed E-state index contributed by atoms with van der Waals surface area (Å²) in [6.07, 6.45) is -0.194. The van der Waals surface area contributed by atoms with Gasteiger partial charge in [0.25, 0.3) is 5.91 Å². The third-order valence-electron chi connectivity index (χ3n) is 6.07. The fraction of sp³-hybridized carbons (Fsp3) is 0.364. The van der Waals surface area contributed by atoms with Crippen LogP contribution in [0.3, 0.4) is 0 Å². The highest BCUT2D eigenvalue weighted by molar-refractivity contribution is 7.13. The molecule has 2 bridgehead atoms. The van der Waals surface area contributed by atoms with Crippen molar-refractivity contribution in [2.24, 2.45) is 5.92 Å². The molecule has 6 nitrogen and oxygen atoms in total. The average molecular weight is 459 g/mol. The van der Waals surface area contributed by atoms with Gasteiger partial charge >= 0.3 is 6.18 Å². The number of likely N-dealkylation sites (tertiary alicyclic amines) is 1. The van der Waals surface area contributed by atoms with Crippen LogP contribution in [0.15, 0.2) is 42.0 Å². The van der Waals surface area contributed by atoms with Gasteiger partial charge in [-0.15, -0.1) is 11.3 Å². The summed E-state index contributed by atoms with van der Waals surface area (Å²) in [5.74, 6) is 0.628. The fourth-order valence-corrected chi connectivity index (χ4v) is 5.28. The standard InChI is InChI=1S/C22H20F3N5OS/c1-12-2-4-15(19(28-12)20-26-6-7-32-20)21(31)30-11-13-8-16(17(30)9-13)29-18-5-3-14(10-27-18)22(23,24)25/h2-7,10,13,16-17H,8-9,11H2,1H3,(H,27,29)/t13-,16?,17?/m0/s1. The van der Waals surface area contributed by atoms with Crippen molar-refractivity contribution in [2.45, 2.75) is 38.0 Å². The van der Waals surface area contributed by atoms with E-state index in [0.717, 1.165) is 30.8 Å². The van der Waals surface area contributed by atoms with Crippen LogP contribution in [-0.2, 0) is 6.18 Å². The number of piperidine rings is 1. The Morgan fingerprint density at radius 1 is 1.19 bits per heavy atom. The zero-order valence-corrected chi connectivity index (χ0v) is 18.0. The van der Waals surface area contributed by atoms with E-state index in [9.17, 15) is 18.0 Å². The number of nitrogens with one attached hydrogen (secondary N) is 1. The lowest BCUT2D eigenvalue weighted by atomic mass is 10.0. The van der Waals surface area contributed by atoms with E-state index in [1.54, 1.807) is 12.3 Å². The summed E-state index contributed by atoms with van der Waals surface area (Å²) < 4.78 is 38.4. The summed E-state index contributed by atoms with van der Waals surface area (Å²) in [7, 11) is 0. The van der Waals surface area contributed by atoms with Crippen molar-refractivity contribution < 1.29 is 18.0 Å². The lowest BCUT2D eigenvalue weighted by Crippen LogP contribution is -2.48. The van der Waals surface area contributed by atoms with E-state index < -0.39 is 11.7 Å². The minimum Gasteiger partial charge on any atom is -0.365 e. The average Bonchev–Trinajstić information content (AvgIpc) is 3.50. The van der Waals surface area contributed by atoms with Crippen molar-refractivity contribution in [1.29, 1.82) is 0 Å². The van der Waals surface area contributed by atoms with Crippen LogP contribution < -0.4 is 5.32 Å². The Labute approximate surface area is 186 Å². The van der Waals surface area contributed by atoms with Gasteiger partial charge in [-0.25, -0.2) is 15.0 Å². The number of amides is 1.